The fourth-order valence-electron chi connectivity index (χ4n) is 4.81. The molecule has 0 aliphatic carbocycles. The van der Waals surface area contributed by atoms with E-state index in [4.69, 9.17) is 5.41 Å². The number of nitrogens with one attached hydrogen (secondary N) is 1. The maximum atomic E-state index is 12.9. The second-order valence-electron chi connectivity index (χ2n) is 9.69. The van der Waals surface area contributed by atoms with Crippen LogP contribution in [0.1, 0.15) is 61.5 Å². The van der Waals surface area contributed by atoms with Crippen LogP contribution in [0.2, 0.25) is 0 Å². The molecule has 2 amide bonds. The van der Waals surface area contributed by atoms with Gasteiger partial charge in [0.05, 0.1) is 12.0 Å². The van der Waals surface area contributed by atoms with Crippen LogP contribution >= 0.6 is 11.8 Å². The van der Waals surface area contributed by atoms with Crippen LogP contribution in [0.15, 0.2) is 46.0 Å². The van der Waals surface area contributed by atoms with Crippen LogP contribution in [0.4, 0.5) is 0 Å². The van der Waals surface area contributed by atoms with Crippen molar-refractivity contribution in [1.82, 2.24) is 14.5 Å². The summed E-state index contributed by atoms with van der Waals surface area (Å²) in [5, 5.41) is 15.4. The molecule has 1 aromatic carbocycles. The van der Waals surface area contributed by atoms with Crippen LogP contribution < -0.4 is 0 Å². The summed E-state index contributed by atoms with van der Waals surface area (Å²) in [6.45, 7) is 9.94. The van der Waals surface area contributed by atoms with E-state index in [0.717, 1.165) is 48.6 Å². The highest BCUT2D eigenvalue weighted by Crippen LogP contribution is 2.31. The third-order valence-corrected chi connectivity index (χ3v) is 7.75. The van der Waals surface area contributed by atoms with Gasteiger partial charge in [-0.25, -0.2) is 0 Å². The zero-order valence-electron chi connectivity index (χ0n) is 21.0. The van der Waals surface area contributed by atoms with E-state index in [1.54, 1.807) is 6.08 Å². The fourth-order valence-corrected chi connectivity index (χ4v) is 5.68. The fraction of sp³-hybridized carbons (Fsp3) is 0.370. The maximum Gasteiger partial charge on any atom is 0.283 e. The quantitative estimate of drug-likeness (QED) is 0.592. The molecule has 1 saturated heterocycles. The largest absolute Gasteiger partial charge is 0.342 e. The van der Waals surface area contributed by atoms with Crippen LogP contribution in [0.25, 0.3) is 11.8 Å². The van der Waals surface area contributed by atoms with Gasteiger partial charge in [-0.3, -0.25) is 15.0 Å². The number of nitrogens with zero attached hydrogens (tertiary/aromatic N) is 5. The van der Waals surface area contributed by atoms with E-state index < -0.39 is 5.91 Å². The monoisotopic (exact) mass is 502 g/mol. The minimum absolute atomic E-state index is 0.0211. The molecule has 36 heavy (non-hydrogen) atoms. The smallest absolute Gasteiger partial charge is 0.283 e. The van der Waals surface area contributed by atoms with E-state index in [2.05, 4.69) is 52.8 Å². The summed E-state index contributed by atoms with van der Waals surface area (Å²) in [6, 6.07) is 10.5. The van der Waals surface area contributed by atoms with E-state index in [1.165, 1.54) is 22.3 Å². The molecular formula is C27H30N6O2S. The molecule has 9 heteroatoms. The van der Waals surface area contributed by atoms with Gasteiger partial charge in [0.25, 0.3) is 5.91 Å². The molecule has 2 aromatic rings. The van der Waals surface area contributed by atoms with Crippen LogP contribution in [-0.4, -0.2) is 55.4 Å². The van der Waals surface area contributed by atoms with E-state index >= 15 is 0 Å². The first-order valence-electron chi connectivity index (χ1n) is 12.3. The summed E-state index contributed by atoms with van der Waals surface area (Å²) in [5.41, 5.74) is 5.39. The predicted octanol–water partition coefficient (Wildman–Crippen LogP) is 4.85. The van der Waals surface area contributed by atoms with E-state index in [9.17, 15) is 9.59 Å². The molecule has 0 unspecified atom stereocenters. The van der Waals surface area contributed by atoms with Crippen molar-refractivity contribution in [2.45, 2.75) is 52.9 Å². The number of fused-ring (bicyclic) bond motifs is 1. The molecule has 186 valence electrons. The highest BCUT2D eigenvalue weighted by atomic mass is 32.2. The molecule has 5 rings (SSSR count). The second-order valence-corrected chi connectivity index (χ2v) is 10.7. The molecule has 1 fully saturated rings. The number of aliphatic imine (C=N–C) groups is 1. The summed E-state index contributed by atoms with van der Waals surface area (Å²) in [6.07, 6.45) is 3.94. The van der Waals surface area contributed by atoms with Gasteiger partial charge in [-0.1, -0.05) is 26.0 Å². The van der Waals surface area contributed by atoms with Crippen molar-refractivity contribution in [1.29, 1.82) is 5.41 Å². The Bertz CT molecular complexity index is 1340. The highest BCUT2D eigenvalue weighted by Gasteiger charge is 2.36. The number of aryl methyl sites for hydroxylation is 1. The standard InChI is InChI=1S/C27H30N6O2S/c1-16(2)19-7-9-21(10-8-19)32-17(3)13-20(18(32)4)14-22-25(28)33-27(29-26(22)35)36-23(30-33)15-24(34)31-11-5-6-12-31/h7-10,13-14,16,28H,5-6,11-12,15H2,1-4H3. The van der Waals surface area contributed by atoms with Crippen molar-refractivity contribution in [3.8, 4) is 5.69 Å². The molecule has 0 saturated carbocycles. The third-order valence-electron chi connectivity index (χ3n) is 6.85. The summed E-state index contributed by atoms with van der Waals surface area (Å²) in [4.78, 5) is 31.5. The lowest BCUT2D eigenvalue weighted by Gasteiger charge is -2.20. The molecule has 0 radical (unpaired) electrons. The van der Waals surface area contributed by atoms with Crippen LogP contribution in [-0.2, 0) is 9.59 Å². The topological polar surface area (TPSA) is 94.1 Å². The SMILES string of the molecule is Cc1cc(C=C2C(=N)N3N=C(CC(=O)N4CCCC4)SC3=NC2=O)c(C)n1-c1ccc(C(C)C)cc1. The van der Waals surface area contributed by atoms with Gasteiger partial charge in [-0.05, 0) is 79.8 Å². The Kier molecular flexibility index (Phi) is 6.42. The first-order chi connectivity index (χ1) is 17.2. The van der Waals surface area contributed by atoms with E-state index in [-0.39, 0.29) is 23.7 Å². The van der Waals surface area contributed by atoms with Gasteiger partial charge in [-0.2, -0.15) is 15.1 Å². The van der Waals surface area contributed by atoms with Crippen molar-refractivity contribution in [2.75, 3.05) is 13.1 Å². The molecule has 3 aliphatic rings. The van der Waals surface area contributed by atoms with E-state index in [1.807, 2.05) is 24.8 Å². The maximum absolute atomic E-state index is 12.9. The molecule has 0 spiro atoms. The number of hydrogen-bond acceptors (Lipinski definition) is 5. The van der Waals surface area contributed by atoms with Gasteiger partial charge in [0.2, 0.25) is 11.1 Å². The molecule has 3 aliphatic heterocycles. The van der Waals surface area contributed by atoms with Crippen molar-refractivity contribution >= 4 is 45.7 Å². The van der Waals surface area contributed by atoms with E-state index in [0.29, 0.717) is 16.1 Å². The van der Waals surface area contributed by atoms with Crippen LogP contribution in [0.5, 0.6) is 0 Å². The number of hydrogen-bond donors (Lipinski definition) is 1. The summed E-state index contributed by atoms with van der Waals surface area (Å²) in [7, 11) is 0. The molecule has 0 atom stereocenters. The summed E-state index contributed by atoms with van der Waals surface area (Å²) in [5.74, 6) is 0.00583. The van der Waals surface area contributed by atoms with Crippen LogP contribution in [0.3, 0.4) is 0 Å². The normalized spacial score (nSPS) is 18.9. The number of amides is 2. The Labute approximate surface area is 215 Å². The number of amidine groups is 2. The molecule has 0 bridgehead atoms. The number of rotatable bonds is 5. The predicted molar refractivity (Wildman–Crippen MR) is 145 cm³/mol. The number of benzene rings is 1. The van der Waals surface area contributed by atoms with Gasteiger partial charge < -0.3 is 9.47 Å². The molecule has 1 aromatic heterocycles. The lowest BCUT2D eigenvalue weighted by Crippen LogP contribution is -2.35. The number of carbonyl (C=O) groups excluding carboxylic acids is 2. The minimum atomic E-state index is -0.466. The second kappa shape index (κ2) is 9.54. The summed E-state index contributed by atoms with van der Waals surface area (Å²) < 4.78 is 2.15. The zero-order chi connectivity index (χ0) is 25.6. The average Bonchev–Trinajstić information content (AvgIpc) is 3.57. The van der Waals surface area contributed by atoms with Crippen LogP contribution in [0, 0.1) is 19.3 Å². The average molecular weight is 503 g/mol. The Morgan fingerprint density at radius 1 is 1.17 bits per heavy atom. The Morgan fingerprint density at radius 3 is 2.53 bits per heavy atom. The Hall–Kier alpha value is -3.46. The highest BCUT2D eigenvalue weighted by molar-refractivity contribution is 8.27. The number of aromatic nitrogens is 1. The Morgan fingerprint density at radius 2 is 1.86 bits per heavy atom. The first-order valence-corrected chi connectivity index (χ1v) is 13.1. The lowest BCUT2D eigenvalue weighted by atomic mass is 10.0. The van der Waals surface area contributed by atoms with Gasteiger partial charge in [0.1, 0.15) is 5.04 Å². The van der Waals surface area contributed by atoms with Gasteiger partial charge in [-0.15, -0.1) is 0 Å². The number of carbonyl (C=O) groups is 2. The molecular weight excluding hydrogens is 472 g/mol. The van der Waals surface area contributed by atoms with Gasteiger partial charge in [0.15, 0.2) is 5.84 Å². The molecule has 1 N–H and O–H groups in total. The number of thioether (sulfide) groups is 1. The molecule has 4 heterocycles. The van der Waals surface area contributed by atoms with Gasteiger partial charge >= 0.3 is 0 Å². The zero-order valence-corrected chi connectivity index (χ0v) is 21.9. The Balaban J connectivity index is 1.40. The number of hydrazone groups is 1. The first kappa shape index (κ1) is 24.2. The lowest BCUT2D eigenvalue weighted by molar-refractivity contribution is -0.128. The number of likely N-dealkylation sites (tertiary alicyclic amines) is 1. The minimum Gasteiger partial charge on any atom is -0.342 e. The van der Waals surface area contributed by atoms with Crippen molar-refractivity contribution in [3.63, 3.8) is 0 Å². The van der Waals surface area contributed by atoms with Crippen molar-refractivity contribution in [2.24, 2.45) is 10.1 Å². The molecule has 8 nitrogen and oxygen atoms in total. The van der Waals surface area contributed by atoms with Crippen molar-refractivity contribution in [3.05, 3.63) is 58.4 Å². The summed E-state index contributed by atoms with van der Waals surface area (Å²) >= 11 is 1.19. The van der Waals surface area contributed by atoms with Crippen molar-refractivity contribution < 1.29 is 9.59 Å². The third kappa shape index (κ3) is 4.43. The van der Waals surface area contributed by atoms with Gasteiger partial charge in [0, 0.05) is 30.2 Å².